The second-order valence-corrected chi connectivity index (χ2v) is 5.04. The van der Waals surface area contributed by atoms with Crippen molar-refractivity contribution in [3.63, 3.8) is 0 Å². The molecule has 5 heteroatoms. The van der Waals surface area contributed by atoms with Crippen LogP contribution in [0.1, 0.15) is 32.1 Å². The Hall–Kier alpha value is -1.36. The minimum atomic E-state index is -0.656. The second kappa shape index (κ2) is 6.19. The zero-order valence-electron chi connectivity index (χ0n) is 10.9. The Morgan fingerprint density at radius 3 is 2.26 bits per heavy atom. The molecule has 0 saturated heterocycles. The Morgan fingerprint density at radius 2 is 1.74 bits per heavy atom. The first kappa shape index (κ1) is 14.1. The number of aliphatic hydroxyl groups excluding tert-OH is 1. The van der Waals surface area contributed by atoms with Crippen molar-refractivity contribution in [3.8, 4) is 0 Å². The molecule has 0 amide bonds. The predicted octanol–water partition coefficient (Wildman–Crippen LogP) is 2.68. The summed E-state index contributed by atoms with van der Waals surface area (Å²) in [7, 11) is 0. The molecule has 1 aromatic carbocycles. The number of nitrogens with two attached hydrogens (primary N) is 1. The molecule has 0 spiro atoms. The van der Waals surface area contributed by atoms with E-state index in [0.29, 0.717) is 0 Å². The van der Waals surface area contributed by atoms with Gasteiger partial charge in [-0.25, -0.2) is 8.78 Å². The van der Waals surface area contributed by atoms with Crippen LogP contribution >= 0.6 is 0 Å². The molecule has 3 nitrogen and oxygen atoms in total. The van der Waals surface area contributed by atoms with Gasteiger partial charge in [-0.2, -0.15) is 0 Å². The first-order valence-electron chi connectivity index (χ1n) is 6.75. The highest BCUT2D eigenvalue weighted by atomic mass is 19.1. The third-order valence-corrected chi connectivity index (χ3v) is 3.68. The van der Waals surface area contributed by atoms with Gasteiger partial charge in [-0.05, 0) is 25.0 Å². The van der Waals surface area contributed by atoms with Gasteiger partial charge in [0.25, 0.3) is 0 Å². The topological polar surface area (TPSA) is 49.5 Å². The maximum Gasteiger partial charge on any atom is 0.151 e. The molecule has 19 heavy (non-hydrogen) atoms. The number of hydrogen-bond acceptors (Lipinski definition) is 3. The quantitative estimate of drug-likeness (QED) is 0.827. The monoisotopic (exact) mass is 270 g/mol. The maximum absolute atomic E-state index is 14.0. The number of aliphatic hydroxyl groups is 1. The van der Waals surface area contributed by atoms with E-state index in [2.05, 4.69) is 0 Å². The van der Waals surface area contributed by atoms with E-state index in [1.165, 1.54) is 0 Å². The molecule has 0 unspecified atom stereocenters. The Balaban J connectivity index is 2.32. The Kier molecular flexibility index (Phi) is 4.58. The Bertz CT molecular complexity index is 410. The number of benzene rings is 1. The van der Waals surface area contributed by atoms with E-state index in [1.807, 2.05) is 0 Å². The van der Waals surface area contributed by atoms with Gasteiger partial charge in [0.2, 0.25) is 0 Å². The standard InChI is InChI=1S/C14H20F2N2O/c15-12-8-10(17)9-13(16)14(12)18(6-7-19)11-4-2-1-3-5-11/h8-9,11,19H,1-7,17H2. The lowest BCUT2D eigenvalue weighted by Gasteiger charge is -2.36. The van der Waals surface area contributed by atoms with Crippen LogP contribution in [-0.4, -0.2) is 24.3 Å². The highest BCUT2D eigenvalue weighted by molar-refractivity contribution is 5.56. The van der Waals surface area contributed by atoms with Crippen molar-refractivity contribution >= 4 is 11.4 Å². The van der Waals surface area contributed by atoms with Crippen LogP contribution in [0.5, 0.6) is 0 Å². The number of nitrogen functional groups attached to an aromatic ring is 1. The van der Waals surface area contributed by atoms with E-state index < -0.39 is 11.6 Å². The summed E-state index contributed by atoms with van der Waals surface area (Å²) >= 11 is 0. The Morgan fingerprint density at radius 1 is 1.16 bits per heavy atom. The third-order valence-electron chi connectivity index (χ3n) is 3.68. The van der Waals surface area contributed by atoms with Gasteiger partial charge in [-0.1, -0.05) is 19.3 Å². The Labute approximate surface area is 112 Å². The van der Waals surface area contributed by atoms with Crippen molar-refractivity contribution in [3.05, 3.63) is 23.8 Å². The van der Waals surface area contributed by atoms with E-state index >= 15 is 0 Å². The summed E-state index contributed by atoms with van der Waals surface area (Å²) < 4.78 is 28.0. The summed E-state index contributed by atoms with van der Waals surface area (Å²) in [5, 5.41) is 9.15. The molecule has 3 N–H and O–H groups in total. The van der Waals surface area contributed by atoms with Gasteiger partial charge >= 0.3 is 0 Å². The SMILES string of the molecule is Nc1cc(F)c(N(CCO)C2CCCCC2)c(F)c1. The van der Waals surface area contributed by atoms with Gasteiger partial charge in [0.1, 0.15) is 5.69 Å². The van der Waals surface area contributed by atoms with Gasteiger partial charge < -0.3 is 15.7 Å². The fourth-order valence-electron chi connectivity index (χ4n) is 2.84. The summed E-state index contributed by atoms with van der Waals surface area (Å²) in [6, 6.07) is 2.35. The zero-order valence-corrected chi connectivity index (χ0v) is 10.9. The lowest BCUT2D eigenvalue weighted by atomic mass is 9.93. The highest BCUT2D eigenvalue weighted by Gasteiger charge is 2.26. The lowest BCUT2D eigenvalue weighted by Crippen LogP contribution is -2.40. The highest BCUT2D eigenvalue weighted by Crippen LogP contribution is 2.32. The van der Waals surface area contributed by atoms with Crippen LogP contribution < -0.4 is 10.6 Å². The van der Waals surface area contributed by atoms with Crippen molar-refractivity contribution in [1.82, 2.24) is 0 Å². The molecule has 1 aromatic rings. The maximum atomic E-state index is 14.0. The van der Waals surface area contributed by atoms with Crippen LogP contribution in [-0.2, 0) is 0 Å². The summed E-state index contributed by atoms with van der Waals surface area (Å²) in [5.74, 6) is -1.31. The van der Waals surface area contributed by atoms with E-state index in [9.17, 15) is 8.78 Å². The van der Waals surface area contributed by atoms with Gasteiger partial charge in [-0.3, -0.25) is 0 Å². The summed E-state index contributed by atoms with van der Waals surface area (Å²) in [6.07, 6.45) is 5.10. The number of halogens is 2. The molecule has 1 aliphatic carbocycles. The minimum absolute atomic E-state index is 0.0600. The number of nitrogens with zero attached hydrogens (tertiary/aromatic N) is 1. The first-order valence-corrected chi connectivity index (χ1v) is 6.75. The van der Waals surface area contributed by atoms with Crippen LogP contribution in [0.2, 0.25) is 0 Å². The fraction of sp³-hybridized carbons (Fsp3) is 0.571. The normalized spacial score (nSPS) is 16.6. The van der Waals surface area contributed by atoms with E-state index in [4.69, 9.17) is 10.8 Å². The molecule has 1 saturated carbocycles. The van der Waals surface area contributed by atoms with Gasteiger partial charge in [0.15, 0.2) is 11.6 Å². The molecular formula is C14H20F2N2O. The summed E-state index contributed by atoms with van der Waals surface area (Å²) in [6.45, 7) is 0.113. The van der Waals surface area contributed by atoms with Crippen molar-refractivity contribution < 1.29 is 13.9 Å². The van der Waals surface area contributed by atoms with Crippen LogP contribution in [0.4, 0.5) is 20.2 Å². The lowest BCUT2D eigenvalue weighted by molar-refractivity contribution is 0.288. The van der Waals surface area contributed by atoms with E-state index in [-0.39, 0.29) is 30.6 Å². The molecule has 0 bridgehead atoms. The van der Waals surface area contributed by atoms with Crippen molar-refractivity contribution in [1.29, 1.82) is 0 Å². The minimum Gasteiger partial charge on any atom is -0.399 e. The molecule has 2 rings (SSSR count). The third kappa shape index (κ3) is 3.15. The van der Waals surface area contributed by atoms with Gasteiger partial charge in [0, 0.05) is 18.3 Å². The average molecular weight is 270 g/mol. The van der Waals surface area contributed by atoms with Crippen LogP contribution in [0.3, 0.4) is 0 Å². The number of rotatable bonds is 4. The zero-order chi connectivity index (χ0) is 13.8. The molecule has 1 fully saturated rings. The first-order chi connectivity index (χ1) is 9.13. The van der Waals surface area contributed by atoms with E-state index in [0.717, 1.165) is 44.2 Å². The molecular weight excluding hydrogens is 250 g/mol. The van der Waals surface area contributed by atoms with Crippen LogP contribution in [0, 0.1) is 11.6 Å². The average Bonchev–Trinajstić information content (AvgIpc) is 2.37. The molecule has 0 atom stereocenters. The predicted molar refractivity (Wildman–Crippen MR) is 72.1 cm³/mol. The smallest absolute Gasteiger partial charge is 0.151 e. The van der Waals surface area contributed by atoms with Crippen molar-refractivity contribution in [2.45, 2.75) is 38.1 Å². The second-order valence-electron chi connectivity index (χ2n) is 5.04. The summed E-state index contributed by atoms with van der Waals surface area (Å²) in [5.41, 5.74) is 5.45. The number of anilines is 2. The summed E-state index contributed by atoms with van der Waals surface area (Å²) in [4.78, 5) is 1.66. The van der Waals surface area contributed by atoms with Crippen molar-refractivity contribution in [2.24, 2.45) is 0 Å². The molecule has 0 aromatic heterocycles. The largest absolute Gasteiger partial charge is 0.399 e. The molecule has 0 heterocycles. The molecule has 0 radical (unpaired) electrons. The molecule has 1 aliphatic rings. The van der Waals surface area contributed by atoms with Crippen LogP contribution in [0.25, 0.3) is 0 Å². The van der Waals surface area contributed by atoms with E-state index in [1.54, 1.807) is 4.90 Å². The van der Waals surface area contributed by atoms with Crippen molar-refractivity contribution in [2.75, 3.05) is 23.8 Å². The molecule has 106 valence electrons. The van der Waals surface area contributed by atoms with Crippen LogP contribution in [0.15, 0.2) is 12.1 Å². The molecule has 0 aliphatic heterocycles. The fourth-order valence-corrected chi connectivity index (χ4v) is 2.84. The van der Waals surface area contributed by atoms with Gasteiger partial charge in [-0.15, -0.1) is 0 Å². The van der Waals surface area contributed by atoms with Gasteiger partial charge in [0.05, 0.1) is 6.61 Å². The number of hydrogen-bond donors (Lipinski definition) is 2.